The number of hydrogen-bond donors (Lipinski definition) is 1. The molecule has 0 aliphatic rings. The lowest BCUT2D eigenvalue weighted by Crippen LogP contribution is -2.24. The van der Waals surface area contributed by atoms with Gasteiger partial charge in [-0.15, -0.1) is 0 Å². The monoisotopic (exact) mass is 392 g/mol. The van der Waals surface area contributed by atoms with Gasteiger partial charge in [-0.1, -0.05) is 12.1 Å². The quantitative estimate of drug-likeness (QED) is 0.783. The van der Waals surface area contributed by atoms with E-state index in [9.17, 15) is 13.2 Å². The van der Waals surface area contributed by atoms with Crippen molar-refractivity contribution in [3.63, 3.8) is 0 Å². The highest BCUT2D eigenvalue weighted by Crippen LogP contribution is 2.28. The zero-order valence-electron chi connectivity index (χ0n) is 16.1. The van der Waals surface area contributed by atoms with E-state index < -0.39 is 15.9 Å². The van der Waals surface area contributed by atoms with Crippen molar-refractivity contribution < 1.29 is 22.7 Å². The molecule has 0 spiro atoms. The molecule has 8 heteroatoms. The molecule has 1 amide bonds. The van der Waals surface area contributed by atoms with Gasteiger partial charge < -0.3 is 14.8 Å². The molecule has 0 heterocycles. The lowest BCUT2D eigenvalue weighted by molar-refractivity contribution is -0.118. The fourth-order valence-electron chi connectivity index (χ4n) is 2.39. The first kappa shape index (κ1) is 20.7. The molecule has 2 aromatic carbocycles. The molecule has 0 fully saturated rings. The fraction of sp³-hybridized carbons (Fsp3) is 0.316. The molecular formula is C19H24N2O5S. The number of nitrogens with one attached hydrogen (secondary N) is 1. The van der Waals surface area contributed by atoms with Gasteiger partial charge in [0.25, 0.3) is 5.91 Å². The van der Waals surface area contributed by atoms with Crippen LogP contribution in [0.15, 0.2) is 41.3 Å². The van der Waals surface area contributed by atoms with Crippen LogP contribution in [0.3, 0.4) is 0 Å². The van der Waals surface area contributed by atoms with E-state index in [1.165, 1.54) is 27.3 Å². The number of aryl methyl sites for hydroxylation is 2. The van der Waals surface area contributed by atoms with E-state index >= 15 is 0 Å². The third-order valence-corrected chi connectivity index (χ3v) is 5.87. The summed E-state index contributed by atoms with van der Waals surface area (Å²) in [7, 11) is 0.851. The third kappa shape index (κ3) is 4.99. The van der Waals surface area contributed by atoms with E-state index in [4.69, 9.17) is 9.47 Å². The molecule has 7 nitrogen and oxygen atoms in total. The summed E-state index contributed by atoms with van der Waals surface area (Å²) >= 11 is 0. The molecule has 0 bridgehead atoms. The van der Waals surface area contributed by atoms with Crippen LogP contribution in [-0.2, 0) is 14.8 Å². The normalized spacial score (nSPS) is 11.3. The molecule has 2 rings (SSSR count). The second kappa shape index (κ2) is 8.41. The molecule has 0 unspecified atom stereocenters. The molecule has 0 saturated carbocycles. The fourth-order valence-corrected chi connectivity index (χ4v) is 3.53. The molecule has 0 saturated heterocycles. The van der Waals surface area contributed by atoms with E-state index in [0.717, 1.165) is 9.87 Å². The molecule has 27 heavy (non-hydrogen) atoms. The van der Waals surface area contributed by atoms with E-state index in [0.29, 0.717) is 22.7 Å². The van der Waals surface area contributed by atoms with E-state index in [-0.39, 0.29) is 11.5 Å². The Bertz CT molecular complexity index is 939. The Morgan fingerprint density at radius 3 is 2.41 bits per heavy atom. The first-order valence-electron chi connectivity index (χ1n) is 8.25. The zero-order chi connectivity index (χ0) is 20.2. The molecule has 0 aromatic heterocycles. The lowest BCUT2D eigenvalue weighted by Gasteiger charge is -2.15. The molecular weight excluding hydrogens is 368 g/mol. The number of nitrogens with zero attached hydrogens (tertiary/aromatic N) is 1. The van der Waals surface area contributed by atoms with Gasteiger partial charge in [-0.2, -0.15) is 0 Å². The van der Waals surface area contributed by atoms with Crippen molar-refractivity contribution in [1.29, 1.82) is 0 Å². The van der Waals surface area contributed by atoms with Crippen LogP contribution in [0, 0.1) is 13.8 Å². The maximum atomic E-state index is 12.4. The second-order valence-electron chi connectivity index (χ2n) is 6.26. The van der Waals surface area contributed by atoms with Crippen molar-refractivity contribution in [2.75, 3.05) is 33.1 Å². The number of sulfonamides is 1. The Labute approximate surface area is 160 Å². The molecule has 0 atom stereocenters. The second-order valence-corrected chi connectivity index (χ2v) is 8.38. The van der Waals surface area contributed by atoms with Gasteiger partial charge in [-0.3, -0.25) is 4.79 Å². The Morgan fingerprint density at radius 2 is 1.78 bits per heavy atom. The van der Waals surface area contributed by atoms with Crippen LogP contribution in [-0.4, -0.2) is 46.4 Å². The summed E-state index contributed by atoms with van der Waals surface area (Å²) in [4.78, 5) is 12.3. The number of methoxy groups -OCH3 is 1. The number of carbonyl (C=O) groups is 1. The number of amides is 1. The van der Waals surface area contributed by atoms with Gasteiger partial charge in [0.2, 0.25) is 10.0 Å². The van der Waals surface area contributed by atoms with Crippen molar-refractivity contribution in [2.24, 2.45) is 0 Å². The number of ether oxygens (including phenoxy) is 2. The van der Waals surface area contributed by atoms with Crippen molar-refractivity contribution in [2.45, 2.75) is 18.7 Å². The smallest absolute Gasteiger partial charge is 0.262 e. The van der Waals surface area contributed by atoms with Crippen molar-refractivity contribution in [1.82, 2.24) is 4.31 Å². The van der Waals surface area contributed by atoms with Crippen molar-refractivity contribution in [3.05, 3.63) is 47.5 Å². The maximum Gasteiger partial charge on any atom is 0.262 e. The average molecular weight is 392 g/mol. The van der Waals surface area contributed by atoms with Crippen molar-refractivity contribution >= 4 is 21.6 Å². The largest absolute Gasteiger partial charge is 0.493 e. The zero-order valence-corrected chi connectivity index (χ0v) is 16.9. The summed E-state index contributed by atoms with van der Waals surface area (Å²) in [6.45, 7) is 3.40. The van der Waals surface area contributed by atoms with E-state index in [1.54, 1.807) is 25.1 Å². The van der Waals surface area contributed by atoms with Gasteiger partial charge in [-0.25, -0.2) is 12.7 Å². The predicted octanol–water partition coefficient (Wildman–Crippen LogP) is 2.58. The van der Waals surface area contributed by atoms with Gasteiger partial charge in [0, 0.05) is 19.8 Å². The molecule has 146 valence electrons. The van der Waals surface area contributed by atoms with Crippen LogP contribution in [0.1, 0.15) is 11.1 Å². The maximum absolute atomic E-state index is 12.4. The summed E-state index contributed by atoms with van der Waals surface area (Å²) in [6, 6.07) is 10.1. The minimum atomic E-state index is -3.60. The highest BCUT2D eigenvalue weighted by molar-refractivity contribution is 7.89. The Morgan fingerprint density at radius 1 is 1.07 bits per heavy atom. The molecule has 0 radical (unpaired) electrons. The van der Waals surface area contributed by atoms with Gasteiger partial charge in [0.05, 0.1) is 12.0 Å². The molecule has 2 aromatic rings. The molecule has 1 N–H and O–H groups in total. The average Bonchev–Trinajstić information content (AvgIpc) is 2.61. The van der Waals surface area contributed by atoms with Gasteiger partial charge >= 0.3 is 0 Å². The highest BCUT2D eigenvalue weighted by Gasteiger charge is 2.20. The number of hydrogen-bond acceptors (Lipinski definition) is 5. The Kier molecular flexibility index (Phi) is 6.45. The topological polar surface area (TPSA) is 84.9 Å². The summed E-state index contributed by atoms with van der Waals surface area (Å²) in [5.41, 5.74) is 1.99. The lowest BCUT2D eigenvalue weighted by atomic mass is 10.2. The highest BCUT2D eigenvalue weighted by atomic mass is 32.2. The van der Waals surface area contributed by atoms with Crippen LogP contribution in [0.4, 0.5) is 5.69 Å². The van der Waals surface area contributed by atoms with E-state index in [2.05, 4.69) is 5.32 Å². The Balaban J connectivity index is 2.11. The standard InChI is InChI=1S/C19H24N2O5S/c1-13-6-9-16(17(10-13)25-5)26-12-19(22)20-15-8-7-14(2)18(11-15)27(23,24)21(3)4/h6-11H,12H2,1-5H3,(H,20,22). The SMILES string of the molecule is COc1cc(C)ccc1OCC(=O)Nc1ccc(C)c(S(=O)(=O)N(C)C)c1. The first-order chi connectivity index (χ1) is 12.6. The third-order valence-electron chi connectivity index (χ3n) is 3.91. The number of benzene rings is 2. The van der Waals surface area contributed by atoms with Gasteiger partial charge in [0.1, 0.15) is 0 Å². The number of carbonyl (C=O) groups excluding carboxylic acids is 1. The summed E-state index contributed by atoms with van der Waals surface area (Å²) in [6.07, 6.45) is 0. The van der Waals surface area contributed by atoms with Crippen LogP contribution in [0.25, 0.3) is 0 Å². The Hall–Kier alpha value is -2.58. The van der Waals surface area contributed by atoms with Crippen LogP contribution < -0.4 is 14.8 Å². The summed E-state index contributed by atoms with van der Waals surface area (Å²) < 4.78 is 36.6. The minimum absolute atomic E-state index is 0.145. The van der Waals surface area contributed by atoms with Crippen LogP contribution >= 0.6 is 0 Å². The van der Waals surface area contributed by atoms with Crippen LogP contribution in [0.5, 0.6) is 11.5 Å². The van der Waals surface area contributed by atoms with Gasteiger partial charge in [-0.05, 0) is 49.2 Å². The minimum Gasteiger partial charge on any atom is -0.493 e. The number of anilines is 1. The predicted molar refractivity (Wildman–Crippen MR) is 104 cm³/mol. The first-order valence-corrected chi connectivity index (χ1v) is 9.69. The van der Waals surface area contributed by atoms with Crippen LogP contribution in [0.2, 0.25) is 0 Å². The van der Waals surface area contributed by atoms with Gasteiger partial charge in [0.15, 0.2) is 18.1 Å². The number of rotatable bonds is 7. The summed E-state index contributed by atoms with van der Waals surface area (Å²) in [5.74, 6) is 0.588. The van der Waals surface area contributed by atoms with E-state index in [1.807, 2.05) is 19.1 Å². The molecule has 0 aliphatic carbocycles. The summed E-state index contributed by atoms with van der Waals surface area (Å²) in [5, 5.41) is 2.65. The van der Waals surface area contributed by atoms with Crippen molar-refractivity contribution in [3.8, 4) is 11.5 Å². The molecule has 0 aliphatic heterocycles.